The Morgan fingerprint density at radius 3 is 2.83 bits per heavy atom. The number of amides is 1. The Morgan fingerprint density at radius 2 is 2.08 bits per heavy atom. The Hall–Kier alpha value is -3.70. The van der Waals surface area contributed by atoms with Crippen LogP contribution in [0.25, 0.3) is 0 Å². The Kier molecular flexibility index (Phi) is 8.34. The number of pyridine rings is 1. The highest BCUT2D eigenvalue weighted by atomic mass is 32.1. The molecule has 1 N–H and O–H groups in total. The van der Waals surface area contributed by atoms with Crippen molar-refractivity contribution in [3.63, 3.8) is 0 Å². The normalized spacial score (nSPS) is 15.3. The van der Waals surface area contributed by atoms with Gasteiger partial charge >= 0.3 is 6.09 Å². The van der Waals surface area contributed by atoms with E-state index in [1.165, 1.54) is 11.3 Å². The maximum Gasteiger partial charge on any atom is 0.407 e. The first-order valence-electron chi connectivity index (χ1n) is 12.0. The van der Waals surface area contributed by atoms with Crippen LogP contribution < -0.4 is 10.1 Å². The largest absolute Gasteiger partial charge is 0.497 e. The molecule has 0 fully saturated rings. The molecule has 1 aromatic carbocycles. The lowest BCUT2D eigenvalue weighted by Crippen LogP contribution is -2.31. The van der Waals surface area contributed by atoms with Crippen LogP contribution in [-0.4, -0.2) is 30.1 Å². The number of aromatic nitrogens is 1. The summed E-state index contributed by atoms with van der Waals surface area (Å²) >= 11 is 1.50. The summed E-state index contributed by atoms with van der Waals surface area (Å²) in [6.45, 7) is 2.40. The van der Waals surface area contributed by atoms with Gasteiger partial charge in [0, 0.05) is 48.0 Å². The predicted octanol–water partition coefficient (Wildman–Crippen LogP) is 5.11. The fourth-order valence-electron chi connectivity index (χ4n) is 4.49. The van der Waals surface area contributed by atoms with Crippen LogP contribution in [0.15, 0.2) is 48.8 Å². The SMILES string of the molecule is COc1cccc(C(C)CC(=O)Cc2sc3c(c2C#N)CCC(OC(=O)NCc2ccncc2)C3)c1. The van der Waals surface area contributed by atoms with Gasteiger partial charge in [-0.1, -0.05) is 19.1 Å². The molecule has 1 amide bonds. The summed E-state index contributed by atoms with van der Waals surface area (Å²) in [6.07, 6.45) is 5.15. The molecule has 0 bridgehead atoms. The molecule has 0 spiro atoms. The van der Waals surface area contributed by atoms with Crippen LogP contribution in [0.5, 0.6) is 5.75 Å². The predicted molar refractivity (Wildman–Crippen MR) is 137 cm³/mol. The molecule has 7 nitrogen and oxygen atoms in total. The van der Waals surface area contributed by atoms with Crippen molar-refractivity contribution in [1.29, 1.82) is 5.26 Å². The Labute approximate surface area is 215 Å². The molecule has 2 aromatic heterocycles. The van der Waals surface area contributed by atoms with Gasteiger partial charge in [0.15, 0.2) is 0 Å². The van der Waals surface area contributed by atoms with E-state index in [0.717, 1.165) is 32.2 Å². The number of nitriles is 1. The van der Waals surface area contributed by atoms with Gasteiger partial charge in [-0.15, -0.1) is 11.3 Å². The second kappa shape index (κ2) is 11.8. The smallest absolute Gasteiger partial charge is 0.407 e. The van der Waals surface area contributed by atoms with Gasteiger partial charge in [-0.2, -0.15) is 5.26 Å². The lowest BCUT2D eigenvalue weighted by atomic mass is 9.91. The Bertz CT molecular complexity index is 1270. The zero-order chi connectivity index (χ0) is 25.5. The molecule has 2 heterocycles. The summed E-state index contributed by atoms with van der Waals surface area (Å²) in [7, 11) is 1.63. The van der Waals surface area contributed by atoms with E-state index in [4.69, 9.17) is 9.47 Å². The number of carbonyl (C=O) groups excluding carboxylic acids is 2. The van der Waals surface area contributed by atoms with Crippen LogP contribution in [0.1, 0.15) is 57.7 Å². The van der Waals surface area contributed by atoms with Gasteiger partial charge < -0.3 is 14.8 Å². The zero-order valence-corrected chi connectivity index (χ0v) is 21.3. The van der Waals surface area contributed by atoms with E-state index in [2.05, 4.69) is 16.4 Å². The maximum atomic E-state index is 12.9. The molecular formula is C28H29N3O4S. The standard InChI is InChI=1S/C28H29N3O4S/c1-18(20-4-3-5-22(13-20)34-2)12-21(32)14-26-25(16-29)24-7-6-23(15-27(24)36-26)35-28(33)31-17-19-8-10-30-11-9-19/h3-5,8-11,13,18,23H,6-7,12,14-15,17H2,1-2H3,(H,31,33). The van der Waals surface area contributed by atoms with Gasteiger partial charge in [0.1, 0.15) is 23.7 Å². The first kappa shape index (κ1) is 25.4. The van der Waals surface area contributed by atoms with Crippen LogP contribution in [0.2, 0.25) is 0 Å². The minimum absolute atomic E-state index is 0.0520. The number of thiophene rings is 1. The highest BCUT2D eigenvalue weighted by Crippen LogP contribution is 2.36. The topological polar surface area (TPSA) is 101 Å². The number of hydrogen-bond donors (Lipinski definition) is 1. The minimum atomic E-state index is -0.459. The molecule has 2 unspecified atom stereocenters. The number of ether oxygens (including phenoxy) is 2. The molecule has 4 rings (SSSR count). The highest BCUT2D eigenvalue weighted by Gasteiger charge is 2.28. The van der Waals surface area contributed by atoms with Crippen LogP contribution in [0.4, 0.5) is 4.79 Å². The molecule has 186 valence electrons. The average Bonchev–Trinajstić information content (AvgIpc) is 3.23. The van der Waals surface area contributed by atoms with Gasteiger partial charge in [-0.25, -0.2) is 4.79 Å². The molecule has 1 aliphatic rings. The number of nitrogens with zero attached hydrogens (tertiary/aromatic N) is 2. The van der Waals surface area contributed by atoms with E-state index in [1.54, 1.807) is 19.5 Å². The van der Waals surface area contributed by atoms with Crippen molar-refractivity contribution in [1.82, 2.24) is 10.3 Å². The number of benzene rings is 1. The van der Waals surface area contributed by atoms with Gasteiger partial charge in [0.25, 0.3) is 0 Å². The number of alkyl carbamates (subject to hydrolysis) is 1. The number of Topliss-reactive ketones (excluding diaryl/α,β-unsaturated/α-hetero) is 1. The molecule has 2 atom stereocenters. The van der Waals surface area contributed by atoms with Crippen molar-refractivity contribution >= 4 is 23.2 Å². The van der Waals surface area contributed by atoms with E-state index in [-0.39, 0.29) is 24.2 Å². The number of rotatable bonds is 9. The Balaban J connectivity index is 1.35. The lowest BCUT2D eigenvalue weighted by Gasteiger charge is -2.22. The van der Waals surface area contributed by atoms with Crippen molar-refractivity contribution in [2.75, 3.05) is 7.11 Å². The molecule has 8 heteroatoms. The fourth-order valence-corrected chi connectivity index (χ4v) is 5.89. The quantitative estimate of drug-likeness (QED) is 0.435. The molecule has 1 aliphatic carbocycles. The fraction of sp³-hybridized carbons (Fsp3) is 0.357. The number of ketones is 1. The third-order valence-electron chi connectivity index (χ3n) is 6.42. The summed E-state index contributed by atoms with van der Waals surface area (Å²) < 4.78 is 10.9. The van der Waals surface area contributed by atoms with E-state index >= 15 is 0 Å². The van der Waals surface area contributed by atoms with E-state index < -0.39 is 6.09 Å². The van der Waals surface area contributed by atoms with Gasteiger partial charge in [0.2, 0.25) is 0 Å². The van der Waals surface area contributed by atoms with Crippen LogP contribution in [0.3, 0.4) is 0 Å². The van der Waals surface area contributed by atoms with Gasteiger partial charge in [-0.3, -0.25) is 9.78 Å². The first-order chi connectivity index (χ1) is 17.5. The monoisotopic (exact) mass is 503 g/mol. The number of nitrogens with one attached hydrogen (secondary N) is 1. The second-order valence-electron chi connectivity index (χ2n) is 8.99. The van der Waals surface area contributed by atoms with Gasteiger partial charge in [0.05, 0.1) is 12.7 Å². The molecule has 0 radical (unpaired) electrons. The molecule has 36 heavy (non-hydrogen) atoms. The molecule has 3 aromatic rings. The van der Waals surface area contributed by atoms with Crippen molar-refractivity contribution in [3.05, 3.63) is 80.8 Å². The summed E-state index contributed by atoms with van der Waals surface area (Å²) in [5.74, 6) is 0.923. The second-order valence-corrected chi connectivity index (χ2v) is 10.2. The first-order valence-corrected chi connectivity index (χ1v) is 12.8. The van der Waals surface area contributed by atoms with Crippen molar-refractivity contribution in [3.8, 4) is 11.8 Å². The van der Waals surface area contributed by atoms with Crippen LogP contribution in [-0.2, 0) is 35.3 Å². The Morgan fingerprint density at radius 1 is 1.28 bits per heavy atom. The minimum Gasteiger partial charge on any atom is -0.497 e. The number of carbonyl (C=O) groups is 2. The summed E-state index contributed by atoms with van der Waals surface area (Å²) in [5, 5.41) is 12.6. The van der Waals surface area contributed by atoms with Crippen LogP contribution in [0, 0.1) is 11.3 Å². The van der Waals surface area contributed by atoms with Crippen molar-refractivity contribution in [2.24, 2.45) is 0 Å². The van der Waals surface area contributed by atoms with E-state index in [9.17, 15) is 14.9 Å². The maximum absolute atomic E-state index is 12.9. The number of hydrogen-bond acceptors (Lipinski definition) is 7. The average molecular weight is 504 g/mol. The third-order valence-corrected chi connectivity index (χ3v) is 7.67. The molecular weight excluding hydrogens is 474 g/mol. The third kappa shape index (κ3) is 6.29. The molecule has 0 saturated heterocycles. The van der Waals surface area contributed by atoms with Crippen molar-refractivity contribution in [2.45, 2.75) is 57.6 Å². The zero-order valence-electron chi connectivity index (χ0n) is 20.5. The van der Waals surface area contributed by atoms with Gasteiger partial charge in [-0.05, 0) is 59.7 Å². The summed E-state index contributed by atoms with van der Waals surface area (Å²) in [5.41, 5.74) is 3.62. The van der Waals surface area contributed by atoms with Crippen molar-refractivity contribution < 1.29 is 19.1 Å². The highest BCUT2D eigenvalue weighted by molar-refractivity contribution is 7.12. The number of methoxy groups -OCH3 is 1. The summed E-state index contributed by atoms with van der Waals surface area (Å²) in [6, 6.07) is 13.8. The molecule has 0 saturated carbocycles. The van der Waals surface area contributed by atoms with E-state index in [0.29, 0.717) is 37.8 Å². The van der Waals surface area contributed by atoms with Crippen LogP contribution >= 0.6 is 11.3 Å². The number of fused-ring (bicyclic) bond motifs is 1. The summed E-state index contributed by atoms with van der Waals surface area (Å²) in [4.78, 5) is 31.0. The molecule has 0 aliphatic heterocycles. The van der Waals surface area contributed by atoms with E-state index in [1.807, 2.05) is 43.3 Å². The lowest BCUT2D eigenvalue weighted by molar-refractivity contribution is -0.118.